The molecule has 3 nitrogen and oxygen atoms in total. The maximum Gasteiger partial charge on any atom is 0.416 e. The predicted molar refractivity (Wildman–Crippen MR) is 114 cm³/mol. The molecule has 2 aromatic carbocycles. The summed E-state index contributed by atoms with van der Waals surface area (Å²) in [7, 11) is 0. The van der Waals surface area contributed by atoms with Crippen molar-refractivity contribution in [3.05, 3.63) is 53.3 Å². The molecule has 1 fully saturated rings. The van der Waals surface area contributed by atoms with Gasteiger partial charge in [0, 0.05) is 5.56 Å². The SMILES string of the molecule is CCOC(=O)C(CC(C)C)c1cc(F)c(OCC2CC2)c(-c2ccc(C(F)(F)F)cc2)c1. The molecular formula is C25H28F4O3. The van der Waals surface area contributed by atoms with E-state index < -0.39 is 29.4 Å². The molecule has 1 aliphatic rings. The van der Waals surface area contributed by atoms with Crippen LogP contribution in [0.5, 0.6) is 5.75 Å². The molecule has 174 valence electrons. The van der Waals surface area contributed by atoms with E-state index >= 15 is 4.39 Å². The molecule has 0 saturated heterocycles. The first kappa shape index (κ1) is 24.1. The summed E-state index contributed by atoms with van der Waals surface area (Å²) < 4.78 is 65.2. The van der Waals surface area contributed by atoms with Crippen LogP contribution < -0.4 is 4.74 Å². The number of halogens is 4. The van der Waals surface area contributed by atoms with Gasteiger partial charge in [0.25, 0.3) is 0 Å². The molecule has 7 heteroatoms. The van der Waals surface area contributed by atoms with Gasteiger partial charge in [0.1, 0.15) is 0 Å². The van der Waals surface area contributed by atoms with Crippen molar-refractivity contribution in [1.29, 1.82) is 0 Å². The number of alkyl halides is 3. The number of benzene rings is 2. The zero-order valence-corrected chi connectivity index (χ0v) is 18.5. The van der Waals surface area contributed by atoms with Crippen molar-refractivity contribution in [3.8, 4) is 16.9 Å². The third-order valence-corrected chi connectivity index (χ3v) is 5.43. The lowest BCUT2D eigenvalue weighted by Crippen LogP contribution is -2.18. The van der Waals surface area contributed by atoms with E-state index in [0.717, 1.165) is 25.0 Å². The van der Waals surface area contributed by atoms with Crippen LogP contribution in [-0.4, -0.2) is 19.2 Å². The standard InChI is InChI=1S/C25H28F4O3/c1-4-31-24(30)21(11-15(2)3)18-12-20(17-7-9-19(10-8-17)25(27,28)29)23(22(26)13-18)32-14-16-5-6-16/h7-10,12-13,15-16,21H,4-6,11,14H2,1-3H3. The van der Waals surface area contributed by atoms with Crippen molar-refractivity contribution in [2.75, 3.05) is 13.2 Å². The molecular weight excluding hydrogens is 424 g/mol. The molecule has 1 atom stereocenters. The molecule has 0 aliphatic heterocycles. The summed E-state index contributed by atoms with van der Waals surface area (Å²) in [4.78, 5) is 12.6. The lowest BCUT2D eigenvalue weighted by Gasteiger charge is -2.21. The Labute approximate surface area is 185 Å². The lowest BCUT2D eigenvalue weighted by molar-refractivity contribution is -0.145. The van der Waals surface area contributed by atoms with Gasteiger partial charge in [0.05, 0.1) is 24.7 Å². The topological polar surface area (TPSA) is 35.5 Å². The zero-order chi connectivity index (χ0) is 23.5. The van der Waals surface area contributed by atoms with Gasteiger partial charge in [-0.25, -0.2) is 4.39 Å². The van der Waals surface area contributed by atoms with Crippen LogP contribution in [0.2, 0.25) is 0 Å². The predicted octanol–water partition coefficient (Wildman–Crippen LogP) is 6.99. The van der Waals surface area contributed by atoms with Gasteiger partial charge in [0.15, 0.2) is 11.6 Å². The summed E-state index contributed by atoms with van der Waals surface area (Å²) in [5.41, 5.74) is 0.343. The minimum Gasteiger partial charge on any atom is -0.490 e. The van der Waals surface area contributed by atoms with Gasteiger partial charge >= 0.3 is 12.1 Å². The summed E-state index contributed by atoms with van der Waals surface area (Å²) in [6.45, 7) is 6.15. The Hall–Kier alpha value is -2.57. The fraction of sp³-hybridized carbons (Fsp3) is 0.480. The van der Waals surface area contributed by atoms with Crippen LogP contribution in [0.15, 0.2) is 36.4 Å². The molecule has 1 unspecified atom stereocenters. The highest BCUT2D eigenvalue weighted by atomic mass is 19.4. The number of hydrogen-bond donors (Lipinski definition) is 0. The Morgan fingerprint density at radius 1 is 1.12 bits per heavy atom. The number of ether oxygens (including phenoxy) is 2. The molecule has 0 radical (unpaired) electrons. The molecule has 3 rings (SSSR count). The number of carbonyl (C=O) groups excluding carboxylic acids is 1. The first-order valence-corrected chi connectivity index (χ1v) is 10.9. The van der Waals surface area contributed by atoms with E-state index in [1.54, 1.807) is 13.0 Å². The summed E-state index contributed by atoms with van der Waals surface area (Å²) in [5, 5.41) is 0. The second-order valence-electron chi connectivity index (χ2n) is 8.64. The highest BCUT2D eigenvalue weighted by Crippen LogP contribution is 2.40. The van der Waals surface area contributed by atoms with Crippen LogP contribution in [0.25, 0.3) is 11.1 Å². The van der Waals surface area contributed by atoms with Crippen molar-refractivity contribution in [3.63, 3.8) is 0 Å². The van der Waals surface area contributed by atoms with Gasteiger partial charge in [-0.05, 0) is 73.4 Å². The highest BCUT2D eigenvalue weighted by molar-refractivity contribution is 5.80. The van der Waals surface area contributed by atoms with Gasteiger partial charge in [-0.2, -0.15) is 13.2 Å². The zero-order valence-electron chi connectivity index (χ0n) is 18.5. The monoisotopic (exact) mass is 452 g/mol. The van der Waals surface area contributed by atoms with Crippen molar-refractivity contribution >= 4 is 5.97 Å². The molecule has 0 N–H and O–H groups in total. The number of esters is 1. The maximum absolute atomic E-state index is 15.2. The first-order chi connectivity index (χ1) is 15.1. The van der Waals surface area contributed by atoms with Crippen LogP contribution in [0.1, 0.15) is 57.1 Å². The van der Waals surface area contributed by atoms with Gasteiger partial charge in [-0.3, -0.25) is 4.79 Å². The molecule has 0 heterocycles. The van der Waals surface area contributed by atoms with Crippen LogP contribution in [0.3, 0.4) is 0 Å². The fourth-order valence-electron chi connectivity index (χ4n) is 3.58. The average molecular weight is 452 g/mol. The quantitative estimate of drug-likeness (QED) is 0.304. The summed E-state index contributed by atoms with van der Waals surface area (Å²) in [6, 6.07) is 7.43. The second kappa shape index (κ2) is 9.92. The lowest BCUT2D eigenvalue weighted by atomic mass is 9.88. The van der Waals surface area contributed by atoms with E-state index in [4.69, 9.17) is 9.47 Å². The maximum atomic E-state index is 15.2. The summed E-state index contributed by atoms with van der Waals surface area (Å²) >= 11 is 0. The Morgan fingerprint density at radius 3 is 2.31 bits per heavy atom. The Kier molecular flexibility index (Phi) is 7.47. The highest BCUT2D eigenvalue weighted by Gasteiger charge is 2.31. The largest absolute Gasteiger partial charge is 0.490 e. The van der Waals surface area contributed by atoms with E-state index in [-0.39, 0.29) is 18.3 Å². The van der Waals surface area contributed by atoms with Crippen molar-refractivity contribution in [2.45, 2.75) is 52.1 Å². The van der Waals surface area contributed by atoms with Crippen molar-refractivity contribution < 1.29 is 31.8 Å². The van der Waals surface area contributed by atoms with Crippen LogP contribution in [-0.2, 0) is 15.7 Å². The Morgan fingerprint density at radius 2 is 1.78 bits per heavy atom. The van der Waals surface area contributed by atoms with Gasteiger partial charge in [0.2, 0.25) is 0 Å². The van der Waals surface area contributed by atoms with E-state index in [1.807, 2.05) is 13.8 Å². The molecule has 32 heavy (non-hydrogen) atoms. The Balaban J connectivity index is 2.06. The minimum absolute atomic E-state index is 0.00688. The van der Waals surface area contributed by atoms with Gasteiger partial charge in [-0.15, -0.1) is 0 Å². The van der Waals surface area contributed by atoms with Crippen LogP contribution >= 0.6 is 0 Å². The van der Waals surface area contributed by atoms with Crippen LogP contribution in [0.4, 0.5) is 17.6 Å². The number of hydrogen-bond acceptors (Lipinski definition) is 3. The molecule has 2 aromatic rings. The fourth-order valence-corrected chi connectivity index (χ4v) is 3.58. The van der Waals surface area contributed by atoms with Crippen molar-refractivity contribution in [1.82, 2.24) is 0 Å². The van der Waals surface area contributed by atoms with Crippen LogP contribution in [0, 0.1) is 17.7 Å². The molecule has 0 amide bonds. The molecule has 0 spiro atoms. The smallest absolute Gasteiger partial charge is 0.416 e. The normalized spacial score (nSPS) is 15.0. The molecule has 0 bridgehead atoms. The van der Waals surface area contributed by atoms with E-state index in [0.29, 0.717) is 35.6 Å². The molecule has 0 aromatic heterocycles. The van der Waals surface area contributed by atoms with Gasteiger partial charge < -0.3 is 9.47 Å². The first-order valence-electron chi connectivity index (χ1n) is 10.9. The molecule has 1 aliphatic carbocycles. The van der Waals surface area contributed by atoms with E-state index in [2.05, 4.69) is 0 Å². The third kappa shape index (κ3) is 6.02. The summed E-state index contributed by atoms with van der Waals surface area (Å²) in [5.74, 6) is -1.28. The van der Waals surface area contributed by atoms with E-state index in [1.165, 1.54) is 18.2 Å². The second-order valence-corrected chi connectivity index (χ2v) is 8.64. The number of rotatable bonds is 9. The molecule has 1 saturated carbocycles. The van der Waals surface area contributed by atoms with Gasteiger partial charge in [-0.1, -0.05) is 26.0 Å². The Bertz CT molecular complexity index is 931. The average Bonchev–Trinajstić information content (AvgIpc) is 3.54. The van der Waals surface area contributed by atoms with Crippen molar-refractivity contribution in [2.24, 2.45) is 11.8 Å². The minimum atomic E-state index is -4.47. The van der Waals surface area contributed by atoms with E-state index in [9.17, 15) is 18.0 Å². The number of carbonyl (C=O) groups is 1. The third-order valence-electron chi connectivity index (χ3n) is 5.43. The summed E-state index contributed by atoms with van der Waals surface area (Å²) in [6.07, 6.45) is -2.00.